The molecule has 0 aliphatic carbocycles. The lowest BCUT2D eigenvalue weighted by Crippen LogP contribution is -2.14. The number of nitrogen functional groups attached to an aromatic ring is 1. The van der Waals surface area contributed by atoms with Crippen LogP contribution in [0.1, 0.15) is 41.3 Å². The van der Waals surface area contributed by atoms with Gasteiger partial charge in [-0.2, -0.15) is 0 Å². The Labute approximate surface area is 123 Å². The number of benzene rings is 1. The van der Waals surface area contributed by atoms with Gasteiger partial charge in [-0.05, 0) is 30.0 Å². The Kier molecular flexibility index (Phi) is 4.12. The molecule has 110 valence electrons. The van der Waals surface area contributed by atoms with Crippen LogP contribution in [0, 0.1) is 6.92 Å². The molecule has 0 saturated carbocycles. The zero-order valence-electron chi connectivity index (χ0n) is 12.4. The summed E-state index contributed by atoms with van der Waals surface area (Å²) in [7, 11) is 0. The lowest BCUT2D eigenvalue weighted by atomic mass is 10.0. The third-order valence-electron chi connectivity index (χ3n) is 3.27. The molecule has 0 unspecified atom stereocenters. The van der Waals surface area contributed by atoms with Gasteiger partial charge in [0.05, 0.1) is 17.4 Å². The Hall–Kier alpha value is -2.56. The van der Waals surface area contributed by atoms with E-state index in [1.807, 2.05) is 19.1 Å². The first kappa shape index (κ1) is 14.8. The SMILES string of the molecule is Cc1ccc(C(C)C)cc1Oc1cc(C(N)=O)c(N)cn1. The van der Waals surface area contributed by atoms with Crippen LogP contribution in [0.3, 0.4) is 0 Å². The number of amides is 1. The summed E-state index contributed by atoms with van der Waals surface area (Å²) in [5.41, 5.74) is 13.5. The molecular formula is C16H19N3O2. The lowest BCUT2D eigenvalue weighted by Gasteiger charge is -2.12. The Bertz CT molecular complexity index is 681. The van der Waals surface area contributed by atoms with E-state index in [1.54, 1.807) is 0 Å². The van der Waals surface area contributed by atoms with Crippen molar-refractivity contribution in [2.45, 2.75) is 26.7 Å². The number of primary amides is 1. The predicted molar refractivity (Wildman–Crippen MR) is 82.5 cm³/mol. The number of nitrogens with two attached hydrogens (primary N) is 2. The number of nitrogens with zero attached hydrogens (tertiary/aromatic N) is 1. The van der Waals surface area contributed by atoms with Crippen LogP contribution >= 0.6 is 0 Å². The molecule has 4 N–H and O–H groups in total. The van der Waals surface area contributed by atoms with E-state index in [9.17, 15) is 4.79 Å². The van der Waals surface area contributed by atoms with Gasteiger partial charge in [-0.15, -0.1) is 0 Å². The van der Waals surface area contributed by atoms with E-state index in [0.717, 1.165) is 5.56 Å². The minimum absolute atomic E-state index is 0.206. The Morgan fingerprint density at radius 2 is 2.00 bits per heavy atom. The molecule has 21 heavy (non-hydrogen) atoms. The Morgan fingerprint density at radius 3 is 2.62 bits per heavy atom. The summed E-state index contributed by atoms with van der Waals surface area (Å²) in [6.45, 7) is 6.17. The molecule has 2 rings (SSSR count). The van der Waals surface area contributed by atoms with Gasteiger partial charge < -0.3 is 16.2 Å². The van der Waals surface area contributed by atoms with E-state index in [1.165, 1.54) is 17.8 Å². The average molecular weight is 285 g/mol. The Balaban J connectivity index is 2.36. The highest BCUT2D eigenvalue weighted by Gasteiger charge is 2.11. The fourth-order valence-corrected chi connectivity index (χ4v) is 1.91. The van der Waals surface area contributed by atoms with Crippen LogP contribution in [0.15, 0.2) is 30.5 Å². The minimum atomic E-state index is -0.604. The van der Waals surface area contributed by atoms with E-state index in [0.29, 0.717) is 17.5 Å². The van der Waals surface area contributed by atoms with Crippen molar-refractivity contribution in [2.75, 3.05) is 5.73 Å². The molecule has 5 heteroatoms. The van der Waals surface area contributed by atoms with Gasteiger partial charge in [0, 0.05) is 6.07 Å². The summed E-state index contributed by atoms with van der Waals surface area (Å²) >= 11 is 0. The third-order valence-corrected chi connectivity index (χ3v) is 3.27. The van der Waals surface area contributed by atoms with Gasteiger partial charge in [0.1, 0.15) is 5.75 Å². The summed E-state index contributed by atoms with van der Waals surface area (Å²) in [5, 5.41) is 0. The number of hydrogen-bond acceptors (Lipinski definition) is 4. The summed E-state index contributed by atoms with van der Waals surface area (Å²) < 4.78 is 5.77. The molecule has 0 atom stereocenters. The molecule has 0 aliphatic heterocycles. The number of pyridine rings is 1. The molecule has 1 aromatic carbocycles. The zero-order chi connectivity index (χ0) is 15.6. The number of rotatable bonds is 4. The van der Waals surface area contributed by atoms with Crippen molar-refractivity contribution in [1.29, 1.82) is 0 Å². The maximum Gasteiger partial charge on any atom is 0.251 e. The minimum Gasteiger partial charge on any atom is -0.439 e. The van der Waals surface area contributed by atoms with Crippen molar-refractivity contribution >= 4 is 11.6 Å². The summed E-state index contributed by atoms with van der Waals surface area (Å²) in [4.78, 5) is 15.4. The largest absolute Gasteiger partial charge is 0.439 e. The van der Waals surface area contributed by atoms with Crippen molar-refractivity contribution < 1.29 is 9.53 Å². The number of aromatic nitrogens is 1. The first-order valence-electron chi connectivity index (χ1n) is 6.72. The van der Waals surface area contributed by atoms with E-state index >= 15 is 0 Å². The zero-order valence-corrected chi connectivity index (χ0v) is 12.4. The number of aryl methyl sites for hydroxylation is 1. The maximum absolute atomic E-state index is 11.3. The summed E-state index contributed by atoms with van der Waals surface area (Å²) in [6, 6.07) is 7.50. The van der Waals surface area contributed by atoms with Crippen LogP contribution in [-0.2, 0) is 0 Å². The molecule has 0 radical (unpaired) electrons. The van der Waals surface area contributed by atoms with Gasteiger partial charge in [0.2, 0.25) is 5.88 Å². The highest BCUT2D eigenvalue weighted by Crippen LogP contribution is 2.28. The molecule has 1 aromatic heterocycles. The van der Waals surface area contributed by atoms with Crippen LogP contribution in [0.25, 0.3) is 0 Å². The molecule has 1 amide bonds. The van der Waals surface area contributed by atoms with Crippen molar-refractivity contribution in [3.05, 3.63) is 47.2 Å². The first-order chi connectivity index (χ1) is 9.88. The normalized spacial score (nSPS) is 10.7. The second-order valence-electron chi connectivity index (χ2n) is 5.26. The van der Waals surface area contributed by atoms with Gasteiger partial charge >= 0.3 is 0 Å². The third kappa shape index (κ3) is 3.31. The molecule has 5 nitrogen and oxygen atoms in total. The number of anilines is 1. The quantitative estimate of drug-likeness (QED) is 0.903. The number of carbonyl (C=O) groups excluding carboxylic acids is 1. The van der Waals surface area contributed by atoms with Crippen LogP contribution in [0.5, 0.6) is 11.6 Å². The van der Waals surface area contributed by atoms with Gasteiger partial charge in [-0.3, -0.25) is 4.79 Å². The van der Waals surface area contributed by atoms with Crippen LogP contribution < -0.4 is 16.2 Å². The second kappa shape index (κ2) is 5.83. The molecule has 2 aromatic rings. The molecular weight excluding hydrogens is 266 g/mol. The smallest absolute Gasteiger partial charge is 0.251 e. The van der Waals surface area contributed by atoms with Gasteiger partial charge in [0.25, 0.3) is 5.91 Å². The predicted octanol–water partition coefficient (Wildman–Crippen LogP) is 2.99. The summed E-state index contributed by atoms with van der Waals surface area (Å²) in [6.07, 6.45) is 1.37. The molecule has 0 saturated heterocycles. The molecule has 0 spiro atoms. The van der Waals surface area contributed by atoms with Crippen molar-refractivity contribution in [3.8, 4) is 11.6 Å². The highest BCUT2D eigenvalue weighted by molar-refractivity contribution is 5.98. The molecule has 0 aliphatic rings. The monoisotopic (exact) mass is 285 g/mol. The van der Waals surface area contributed by atoms with Crippen LogP contribution in [0.4, 0.5) is 5.69 Å². The van der Waals surface area contributed by atoms with Gasteiger partial charge in [-0.1, -0.05) is 26.0 Å². The number of carbonyl (C=O) groups is 1. The van der Waals surface area contributed by atoms with E-state index in [4.69, 9.17) is 16.2 Å². The van der Waals surface area contributed by atoms with Crippen molar-refractivity contribution in [2.24, 2.45) is 5.73 Å². The fraction of sp³-hybridized carbons (Fsp3) is 0.250. The van der Waals surface area contributed by atoms with Gasteiger partial charge in [0.15, 0.2) is 0 Å². The highest BCUT2D eigenvalue weighted by atomic mass is 16.5. The van der Waals surface area contributed by atoms with E-state index < -0.39 is 5.91 Å². The average Bonchev–Trinajstić information content (AvgIpc) is 2.42. The van der Waals surface area contributed by atoms with E-state index in [2.05, 4.69) is 24.9 Å². The second-order valence-corrected chi connectivity index (χ2v) is 5.26. The topological polar surface area (TPSA) is 91.2 Å². The fourth-order valence-electron chi connectivity index (χ4n) is 1.91. The number of hydrogen-bond donors (Lipinski definition) is 2. The van der Waals surface area contributed by atoms with Crippen LogP contribution in [0.2, 0.25) is 0 Å². The maximum atomic E-state index is 11.3. The summed E-state index contributed by atoms with van der Waals surface area (Å²) in [5.74, 6) is 0.789. The molecule has 0 bridgehead atoms. The Morgan fingerprint density at radius 1 is 1.29 bits per heavy atom. The van der Waals surface area contributed by atoms with E-state index in [-0.39, 0.29) is 11.3 Å². The molecule has 0 fully saturated rings. The van der Waals surface area contributed by atoms with Crippen molar-refractivity contribution in [3.63, 3.8) is 0 Å². The van der Waals surface area contributed by atoms with Crippen molar-refractivity contribution in [1.82, 2.24) is 4.98 Å². The molecule has 1 heterocycles. The standard InChI is InChI=1S/C16H19N3O2/c1-9(2)11-5-4-10(3)14(6-11)21-15-7-12(16(18)20)13(17)8-19-15/h4-9H,17H2,1-3H3,(H2,18,20). The van der Waals surface area contributed by atoms with Crippen LogP contribution in [-0.4, -0.2) is 10.9 Å². The van der Waals surface area contributed by atoms with Gasteiger partial charge in [-0.25, -0.2) is 4.98 Å². The first-order valence-corrected chi connectivity index (χ1v) is 6.72. The lowest BCUT2D eigenvalue weighted by molar-refractivity contribution is 0.100. The number of ether oxygens (including phenoxy) is 1.